The Morgan fingerprint density at radius 3 is 2.93 bits per heavy atom. The van der Waals surface area contributed by atoms with E-state index in [1.165, 1.54) is 6.20 Å². The van der Waals surface area contributed by atoms with Gasteiger partial charge < -0.3 is 10.2 Å². The van der Waals surface area contributed by atoms with Crippen LogP contribution in [0.1, 0.15) is 5.56 Å². The van der Waals surface area contributed by atoms with E-state index in [0.29, 0.717) is 0 Å². The fraction of sp³-hybridized carbons (Fsp3) is 0.545. The summed E-state index contributed by atoms with van der Waals surface area (Å²) in [6.45, 7) is 5.14. The minimum atomic E-state index is -0.187. The average Bonchev–Trinajstić information content (AvgIpc) is 2.29. The zero-order valence-electron chi connectivity index (χ0n) is 8.75. The van der Waals surface area contributed by atoms with Crippen molar-refractivity contribution in [3.05, 3.63) is 29.8 Å². The van der Waals surface area contributed by atoms with Crippen LogP contribution in [0.4, 0.5) is 4.39 Å². The Kier molecular flexibility index (Phi) is 3.64. The van der Waals surface area contributed by atoms with Crippen LogP contribution >= 0.6 is 0 Å². The summed E-state index contributed by atoms with van der Waals surface area (Å²) >= 11 is 0. The molecule has 1 fully saturated rings. The molecule has 0 bridgehead atoms. The lowest BCUT2D eigenvalue weighted by Gasteiger charge is -2.27. The first-order valence-electron chi connectivity index (χ1n) is 5.38. The second-order valence-corrected chi connectivity index (χ2v) is 3.81. The summed E-state index contributed by atoms with van der Waals surface area (Å²) in [6, 6.07) is 1.76. The Labute approximate surface area is 89.3 Å². The number of pyridine rings is 1. The van der Waals surface area contributed by atoms with Crippen LogP contribution in [0.15, 0.2) is 18.5 Å². The molecule has 1 aliphatic heterocycles. The minimum absolute atomic E-state index is 0.187. The molecule has 2 heterocycles. The van der Waals surface area contributed by atoms with E-state index in [1.54, 1.807) is 12.3 Å². The molecule has 0 unspecified atom stereocenters. The molecular weight excluding hydrogens is 193 g/mol. The monoisotopic (exact) mass is 209 g/mol. The second kappa shape index (κ2) is 5.19. The smallest absolute Gasteiger partial charge is 0.144 e. The van der Waals surface area contributed by atoms with Crippen molar-refractivity contribution in [2.24, 2.45) is 0 Å². The van der Waals surface area contributed by atoms with Crippen LogP contribution in [-0.2, 0) is 6.42 Å². The zero-order valence-corrected chi connectivity index (χ0v) is 8.75. The third kappa shape index (κ3) is 2.97. The molecule has 2 rings (SSSR count). The number of aromatic nitrogens is 1. The van der Waals surface area contributed by atoms with Gasteiger partial charge in [-0.15, -0.1) is 0 Å². The quantitative estimate of drug-likeness (QED) is 0.793. The molecule has 3 nitrogen and oxygen atoms in total. The van der Waals surface area contributed by atoms with Crippen molar-refractivity contribution >= 4 is 0 Å². The Morgan fingerprint density at radius 2 is 2.20 bits per heavy atom. The predicted molar refractivity (Wildman–Crippen MR) is 57.2 cm³/mol. The summed E-state index contributed by atoms with van der Waals surface area (Å²) in [5.74, 6) is -0.187. The molecule has 1 aromatic rings. The molecule has 0 spiro atoms. The van der Waals surface area contributed by atoms with Crippen molar-refractivity contribution < 1.29 is 4.39 Å². The highest BCUT2D eigenvalue weighted by Gasteiger charge is 2.10. The number of halogens is 1. The van der Waals surface area contributed by atoms with Crippen molar-refractivity contribution in [2.75, 3.05) is 32.7 Å². The Balaban J connectivity index is 1.84. The minimum Gasteiger partial charge on any atom is -0.314 e. The van der Waals surface area contributed by atoms with E-state index < -0.39 is 0 Å². The van der Waals surface area contributed by atoms with Crippen molar-refractivity contribution in [1.29, 1.82) is 0 Å². The second-order valence-electron chi connectivity index (χ2n) is 3.81. The zero-order chi connectivity index (χ0) is 10.5. The molecule has 1 aromatic heterocycles. The number of rotatable bonds is 3. The van der Waals surface area contributed by atoms with Crippen molar-refractivity contribution in [3.63, 3.8) is 0 Å². The van der Waals surface area contributed by atoms with E-state index in [-0.39, 0.29) is 5.82 Å². The fourth-order valence-corrected chi connectivity index (χ4v) is 1.82. The molecule has 4 heteroatoms. The van der Waals surface area contributed by atoms with E-state index in [9.17, 15) is 4.39 Å². The molecule has 0 radical (unpaired) electrons. The fourth-order valence-electron chi connectivity index (χ4n) is 1.82. The molecular formula is C11H16FN3. The summed E-state index contributed by atoms with van der Waals surface area (Å²) in [5, 5.41) is 3.30. The van der Waals surface area contributed by atoms with Gasteiger partial charge in [0.2, 0.25) is 0 Å². The summed E-state index contributed by atoms with van der Waals surface area (Å²) in [5.41, 5.74) is 0.767. The number of hydrogen-bond donors (Lipinski definition) is 1. The number of piperazine rings is 1. The first-order valence-corrected chi connectivity index (χ1v) is 5.38. The van der Waals surface area contributed by atoms with E-state index in [0.717, 1.165) is 44.7 Å². The van der Waals surface area contributed by atoms with Gasteiger partial charge in [0.15, 0.2) is 0 Å². The molecule has 1 saturated heterocycles. The largest absolute Gasteiger partial charge is 0.314 e. The molecule has 0 amide bonds. The first-order chi connectivity index (χ1) is 7.36. The topological polar surface area (TPSA) is 28.2 Å². The SMILES string of the molecule is Fc1cnccc1CCN1CCNCC1. The van der Waals surface area contributed by atoms with Crippen LogP contribution < -0.4 is 5.32 Å². The summed E-state index contributed by atoms with van der Waals surface area (Å²) in [7, 11) is 0. The highest BCUT2D eigenvalue weighted by atomic mass is 19.1. The van der Waals surface area contributed by atoms with Gasteiger partial charge in [-0.25, -0.2) is 4.39 Å². The van der Waals surface area contributed by atoms with Gasteiger partial charge in [0, 0.05) is 38.9 Å². The molecule has 1 aliphatic rings. The number of nitrogens with zero attached hydrogens (tertiary/aromatic N) is 2. The maximum absolute atomic E-state index is 13.3. The molecule has 0 aliphatic carbocycles. The van der Waals surface area contributed by atoms with Gasteiger partial charge in [0.25, 0.3) is 0 Å². The highest BCUT2D eigenvalue weighted by Crippen LogP contribution is 2.06. The molecule has 0 aromatic carbocycles. The van der Waals surface area contributed by atoms with Gasteiger partial charge in [0.1, 0.15) is 5.82 Å². The van der Waals surface area contributed by atoms with E-state index >= 15 is 0 Å². The Morgan fingerprint density at radius 1 is 1.40 bits per heavy atom. The maximum atomic E-state index is 13.3. The summed E-state index contributed by atoms with van der Waals surface area (Å²) in [6.07, 6.45) is 3.71. The normalized spacial score (nSPS) is 17.9. The van der Waals surface area contributed by atoms with Crippen LogP contribution in [-0.4, -0.2) is 42.6 Å². The Bertz CT molecular complexity index is 310. The van der Waals surface area contributed by atoms with Crippen LogP contribution in [0.2, 0.25) is 0 Å². The number of hydrogen-bond acceptors (Lipinski definition) is 3. The lowest BCUT2D eigenvalue weighted by molar-refractivity contribution is 0.243. The third-order valence-corrected chi connectivity index (χ3v) is 2.76. The summed E-state index contributed by atoms with van der Waals surface area (Å²) < 4.78 is 13.3. The van der Waals surface area contributed by atoms with Gasteiger partial charge in [-0.1, -0.05) is 0 Å². The van der Waals surface area contributed by atoms with Gasteiger partial charge in [-0.3, -0.25) is 4.98 Å². The first kappa shape index (κ1) is 10.5. The Hall–Kier alpha value is -1.00. The van der Waals surface area contributed by atoms with Gasteiger partial charge in [0.05, 0.1) is 6.20 Å². The highest BCUT2D eigenvalue weighted by molar-refractivity contribution is 5.12. The molecule has 0 saturated carbocycles. The van der Waals surface area contributed by atoms with Gasteiger partial charge >= 0.3 is 0 Å². The lowest BCUT2D eigenvalue weighted by atomic mass is 10.2. The van der Waals surface area contributed by atoms with Crippen LogP contribution in [0.25, 0.3) is 0 Å². The number of nitrogens with one attached hydrogen (secondary N) is 1. The average molecular weight is 209 g/mol. The van der Waals surface area contributed by atoms with Gasteiger partial charge in [-0.2, -0.15) is 0 Å². The van der Waals surface area contributed by atoms with Crippen molar-refractivity contribution in [2.45, 2.75) is 6.42 Å². The molecule has 0 atom stereocenters. The lowest BCUT2D eigenvalue weighted by Crippen LogP contribution is -2.44. The van der Waals surface area contributed by atoms with E-state index in [1.807, 2.05) is 0 Å². The van der Waals surface area contributed by atoms with Gasteiger partial charge in [-0.05, 0) is 18.1 Å². The maximum Gasteiger partial charge on any atom is 0.144 e. The molecule has 15 heavy (non-hydrogen) atoms. The third-order valence-electron chi connectivity index (χ3n) is 2.76. The van der Waals surface area contributed by atoms with Crippen LogP contribution in [0, 0.1) is 5.82 Å². The van der Waals surface area contributed by atoms with E-state index in [4.69, 9.17) is 0 Å². The summed E-state index contributed by atoms with van der Waals surface area (Å²) in [4.78, 5) is 6.10. The van der Waals surface area contributed by atoms with Crippen LogP contribution in [0.5, 0.6) is 0 Å². The van der Waals surface area contributed by atoms with Crippen LogP contribution in [0.3, 0.4) is 0 Å². The van der Waals surface area contributed by atoms with Crippen molar-refractivity contribution in [1.82, 2.24) is 15.2 Å². The molecule has 82 valence electrons. The standard InChI is InChI=1S/C11H16FN3/c12-11-9-14-3-1-10(11)2-6-15-7-4-13-5-8-15/h1,3,9,13H,2,4-8H2. The predicted octanol–water partition coefficient (Wildman–Crippen LogP) is 0.668. The van der Waals surface area contributed by atoms with E-state index in [2.05, 4.69) is 15.2 Å². The molecule has 1 N–H and O–H groups in total. The van der Waals surface area contributed by atoms with Crippen molar-refractivity contribution in [3.8, 4) is 0 Å².